The number of amides is 1. The first-order valence-electron chi connectivity index (χ1n) is 4.45. The summed E-state index contributed by atoms with van der Waals surface area (Å²) >= 11 is 0. The lowest BCUT2D eigenvalue weighted by Gasteiger charge is -2.10. The summed E-state index contributed by atoms with van der Waals surface area (Å²) in [5.74, 6) is -0.343. The maximum absolute atomic E-state index is 12.3. The summed E-state index contributed by atoms with van der Waals surface area (Å²) in [7, 11) is 1.45. The molecule has 0 atom stereocenters. The first-order valence-corrected chi connectivity index (χ1v) is 4.45. The Balaban J connectivity index is 2.96. The van der Waals surface area contributed by atoms with Crippen molar-refractivity contribution in [2.45, 2.75) is 6.18 Å². The van der Waals surface area contributed by atoms with Crippen LogP contribution in [0.1, 0.15) is 15.9 Å². The van der Waals surface area contributed by atoms with Gasteiger partial charge in [-0.15, -0.1) is 0 Å². The van der Waals surface area contributed by atoms with Gasteiger partial charge in [-0.2, -0.15) is 13.2 Å². The molecule has 0 aliphatic carbocycles. The van der Waals surface area contributed by atoms with Crippen LogP contribution in [0.15, 0.2) is 30.8 Å². The third-order valence-corrected chi connectivity index (χ3v) is 2.06. The molecule has 0 aliphatic heterocycles. The molecular formula is C11H10F3NO. The molecule has 0 aromatic heterocycles. The zero-order chi connectivity index (χ0) is 12.3. The van der Waals surface area contributed by atoms with Crippen LogP contribution in [0.3, 0.4) is 0 Å². The molecule has 0 saturated carbocycles. The smallest absolute Gasteiger partial charge is 0.355 e. The van der Waals surface area contributed by atoms with Crippen molar-refractivity contribution in [2.75, 3.05) is 7.05 Å². The van der Waals surface area contributed by atoms with Crippen molar-refractivity contribution in [1.29, 1.82) is 0 Å². The summed E-state index contributed by atoms with van der Waals surface area (Å²) in [5, 5.41) is 2.38. The van der Waals surface area contributed by atoms with Crippen molar-refractivity contribution in [2.24, 2.45) is 0 Å². The fraction of sp³-hybridized carbons (Fsp3) is 0.182. The van der Waals surface area contributed by atoms with E-state index in [2.05, 4.69) is 11.9 Å². The second kappa shape index (κ2) is 4.38. The zero-order valence-electron chi connectivity index (χ0n) is 8.56. The molecule has 1 aromatic rings. The summed E-state index contributed by atoms with van der Waals surface area (Å²) in [4.78, 5) is 11.1. The molecule has 0 aliphatic rings. The molecule has 1 amide bonds. The monoisotopic (exact) mass is 229 g/mol. The fourth-order valence-corrected chi connectivity index (χ4v) is 1.13. The molecule has 0 bridgehead atoms. The van der Waals surface area contributed by atoms with Gasteiger partial charge in [0.05, 0.1) is 5.57 Å². The summed E-state index contributed by atoms with van der Waals surface area (Å²) in [6.07, 6.45) is -4.45. The molecule has 86 valence electrons. The quantitative estimate of drug-likeness (QED) is 0.829. The van der Waals surface area contributed by atoms with Gasteiger partial charge in [0.25, 0.3) is 5.91 Å². The third-order valence-electron chi connectivity index (χ3n) is 2.06. The minimum atomic E-state index is -4.45. The van der Waals surface area contributed by atoms with E-state index >= 15 is 0 Å². The number of hydrogen-bond acceptors (Lipinski definition) is 1. The lowest BCUT2D eigenvalue weighted by atomic mass is 10.0. The van der Waals surface area contributed by atoms with Crippen LogP contribution in [0.25, 0.3) is 5.57 Å². The molecule has 1 rings (SSSR count). The van der Waals surface area contributed by atoms with Gasteiger partial charge in [0, 0.05) is 12.6 Å². The Labute approximate surface area is 90.8 Å². The average molecular weight is 229 g/mol. The average Bonchev–Trinajstić information content (AvgIpc) is 2.26. The van der Waals surface area contributed by atoms with Crippen LogP contribution in [0.4, 0.5) is 13.2 Å². The number of allylic oxidation sites excluding steroid dienone is 1. The lowest BCUT2D eigenvalue weighted by Crippen LogP contribution is -2.17. The Hall–Kier alpha value is -1.78. The normalized spacial score (nSPS) is 11.0. The Morgan fingerprint density at radius 1 is 1.19 bits per heavy atom. The summed E-state index contributed by atoms with van der Waals surface area (Å²) < 4.78 is 36.8. The highest BCUT2D eigenvalue weighted by Crippen LogP contribution is 2.32. The summed E-state index contributed by atoms with van der Waals surface area (Å²) in [6, 6.07) is 5.09. The van der Waals surface area contributed by atoms with Crippen molar-refractivity contribution in [3.8, 4) is 0 Å². The second-order valence-electron chi connectivity index (χ2n) is 3.13. The maximum atomic E-state index is 12.3. The van der Waals surface area contributed by atoms with Crippen LogP contribution in [-0.2, 0) is 0 Å². The van der Waals surface area contributed by atoms with E-state index in [1.807, 2.05) is 0 Å². The van der Waals surface area contributed by atoms with Crippen molar-refractivity contribution in [3.63, 3.8) is 0 Å². The van der Waals surface area contributed by atoms with Crippen molar-refractivity contribution in [3.05, 3.63) is 42.0 Å². The van der Waals surface area contributed by atoms with Gasteiger partial charge < -0.3 is 5.32 Å². The highest BCUT2D eigenvalue weighted by Gasteiger charge is 2.32. The van der Waals surface area contributed by atoms with Crippen molar-refractivity contribution in [1.82, 2.24) is 5.32 Å². The van der Waals surface area contributed by atoms with Crippen LogP contribution in [0.2, 0.25) is 0 Å². The standard InChI is InChI=1S/C11H10F3NO/c1-7(11(12,13)14)8-3-5-9(6-4-8)10(16)15-2/h3-6H,1H2,2H3,(H,15,16). The number of halogens is 3. The van der Waals surface area contributed by atoms with Crippen LogP contribution >= 0.6 is 0 Å². The number of rotatable bonds is 2. The van der Waals surface area contributed by atoms with Gasteiger partial charge in [-0.3, -0.25) is 4.79 Å². The van der Waals surface area contributed by atoms with E-state index in [0.717, 1.165) is 0 Å². The molecule has 0 unspecified atom stereocenters. The minimum absolute atomic E-state index is 0.0415. The topological polar surface area (TPSA) is 29.1 Å². The molecule has 2 nitrogen and oxygen atoms in total. The fourth-order valence-electron chi connectivity index (χ4n) is 1.13. The maximum Gasteiger partial charge on any atom is 0.416 e. The van der Waals surface area contributed by atoms with Crippen LogP contribution in [0.5, 0.6) is 0 Å². The van der Waals surface area contributed by atoms with Gasteiger partial charge in [0.1, 0.15) is 0 Å². The van der Waals surface area contributed by atoms with Crippen LogP contribution < -0.4 is 5.32 Å². The molecule has 1 aromatic carbocycles. The van der Waals surface area contributed by atoms with E-state index < -0.39 is 11.7 Å². The molecule has 16 heavy (non-hydrogen) atoms. The molecule has 0 saturated heterocycles. The lowest BCUT2D eigenvalue weighted by molar-refractivity contribution is -0.0686. The number of alkyl halides is 3. The molecule has 1 N–H and O–H groups in total. The van der Waals surface area contributed by atoms with E-state index in [1.54, 1.807) is 0 Å². The van der Waals surface area contributed by atoms with Crippen molar-refractivity contribution < 1.29 is 18.0 Å². The van der Waals surface area contributed by atoms with E-state index in [9.17, 15) is 18.0 Å². The van der Waals surface area contributed by atoms with E-state index in [1.165, 1.54) is 31.3 Å². The number of benzene rings is 1. The molecule has 5 heteroatoms. The molecule has 0 heterocycles. The minimum Gasteiger partial charge on any atom is -0.355 e. The van der Waals surface area contributed by atoms with Gasteiger partial charge >= 0.3 is 6.18 Å². The predicted octanol–water partition coefficient (Wildman–Crippen LogP) is 2.62. The molecule has 0 fully saturated rings. The van der Waals surface area contributed by atoms with Gasteiger partial charge in [-0.05, 0) is 17.7 Å². The Morgan fingerprint density at radius 3 is 2.00 bits per heavy atom. The third kappa shape index (κ3) is 2.62. The molecule has 0 radical (unpaired) electrons. The summed E-state index contributed by atoms with van der Waals surface area (Å²) in [6.45, 7) is 2.97. The SMILES string of the molecule is C=C(c1ccc(C(=O)NC)cc1)C(F)(F)F. The number of hydrogen-bond donors (Lipinski definition) is 1. The van der Waals surface area contributed by atoms with E-state index in [0.29, 0.717) is 5.56 Å². The van der Waals surface area contributed by atoms with E-state index in [4.69, 9.17) is 0 Å². The first-order chi connectivity index (χ1) is 7.36. The largest absolute Gasteiger partial charge is 0.416 e. The van der Waals surface area contributed by atoms with Crippen molar-refractivity contribution >= 4 is 11.5 Å². The highest BCUT2D eigenvalue weighted by molar-refractivity contribution is 5.94. The van der Waals surface area contributed by atoms with Gasteiger partial charge in [-0.1, -0.05) is 18.7 Å². The first kappa shape index (κ1) is 12.3. The predicted molar refractivity (Wildman–Crippen MR) is 54.9 cm³/mol. The number of carbonyl (C=O) groups excluding carboxylic acids is 1. The summed E-state index contributed by atoms with van der Waals surface area (Å²) in [5.41, 5.74) is -0.655. The highest BCUT2D eigenvalue weighted by atomic mass is 19.4. The van der Waals surface area contributed by atoms with Crippen LogP contribution in [0, 0.1) is 0 Å². The van der Waals surface area contributed by atoms with Gasteiger partial charge in [0.15, 0.2) is 0 Å². The molecular weight excluding hydrogens is 219 g/mol. The van der Waals surface area contributed by atoms with Gasteiger partial charge in [0.2, 0.25) is 0 Å². The van der Waals surface area contributed by atoms with Crippen LogP contribution in [-0.4, -0.2) is 19.1 Å². The number of carbonyl (C=O) groups is 1. The second-order valence-corrected chi connectivity index (χ2v) is 3.13. The Bertz CT molecular complexity index is 406. The Morgan fingerprint density at radius 2 is 1.62 bits per heavy atom. The van der Waals surface area contributed by atoms with Gasteiger partial charge in [-0.25, -0.2) is 0 Å². The Kier molecular flexibility index (Phi) is 3.37. The zero-order valence-corrected chi connectivity index (χ0v) is 8.56. The van der Waals surface area contributed by atoms with E-state index in [-0.39, 0.29) is 11.5 Å². The molecule has 0 spiro atoms. The number of nitrogens with one attached hydrogen (secondary N) is 1.